The molecule has 1 atom stereocenters. The van der Waals surface area contributed by atoms with Gasteiger partial charge >= 0.3 is 0 Å². The topological polar surface area (TPSA) is 36.4 Å². The van der Waals surface area contributed by atoms with Crippen LogP contribution < -0.4 is 0 Å². The number of hydrogen-bond donors (Lipinski definition) is 0. The molecule has 1 fully saturated rings. The molecule has 1 unspecified atom stereocenters. The fourth-order valence-corrected chi connectivity index (χ4v) is 4.77. The second-order valence-electron chi connectivity index (χ2n) is 7.69. The van der Waals surface area contributed by atoms with Crippen LogP contribution in [0.2, 0.25) is 0 Å². The predicted octanol–water partition coefficient (Wildman–Crippen LogP) is 4.00. The minimum Gasteiger partial charge on any atom is -0.333 e. The molecule has 26 heavy (non-hydrogen) atoms. The summed E-state index contributed by atoms with van der Waals surface area (Å²) in [6, 6.07) is 10.8. The Labute approximate surface area is 160 Å². The van der Waals surface area contributed by atoms with Gasteiger partial charge in [0.1, 0.15) is 4.88 Å². The first-order valence-electron chi connectivity index (χ1n) is 9.47. The maximum atomic E-state index is 13.1. The molecule has 0 bridgehead atoms. The zero-order chi connectivity index (χ0) is 18.7. The van der Waals surface area contributed by atoms with Crippen molar-refractivity contribution >= 4 is 17.2 Å². The van der Waals surface area contributed by atoms with Crippen LogP contribution in [0.5, 0.6) is 0 Å². The van der Waals surface area contributed by atoms with Gasteiger partial charge in [-0.2, -0.15) is 0 Å². The van der Waals surface area contributed by atoms with Crippen LogP contribution >= 0.6 is 11.3 Å². The van der Waals surface area contributed by atoms with E-state index in [2.05, 4.69) is 54.9 Å². The van der Waals surface area contributed by atoms with Crippen molar-refractivity contribution < 1.29 is 4.79 Å². The van der Waals surface area contributed by atoms with E-state index in [9.17, 15) is 4.79 Å². The largest absolute Gasteiger partial charge is 0.333 e. The average molecular weight is 372 g/mol. The second-order valence-corrected chi connectivity index (χ2v) is 8.77. The highest BCUT2D eigenvalue weighted by Crippen LogP contribution is 2.24. The summed E-state index contributed by atoms with van der Waals surface area (Å²) in [6.07, 6.45) is 0.944. The van der Waals surface area contributed by atoms with Crippen molar-refractivity contribution in [2.45, 2.75) is 46.7 Å². The molecular weight excluding hydrogens is 342 g/mol. The molecular formula is C21H29N3OS. The Hall–Kier alpha value is -1.72. The van der Waals surface area contributed by atoms with Crippen molar-refractivity contribution in [1.82, 2.24) is 14.8 Å². The minimum absolute atomic E-state index is 0.155. The lowest BCUT2D eigenvalue weighted by Gasteiger charge is -2.39. The quantitative estimate of drug-likeness (QED) is 0.797. The van der Waals surface area contributed by atoms with Gasteiger partial charge in [0.2, 0.25) is 0 Å². The fraction of sp³-hybridized carbons (Fsp3) is 0.524. The van der Waals surface area contributed by atoms with E-state index in [1.807, 2.05) is 17.9 Å². The molecule has 1 aliphatic heterocycles. The van der Waals surface area contributed by atoms with E-state index in [0.717, 1.165) is 48.2 Å². The maximum Gasteiger partial charge on any atom is 0.266 e. The Morgan fingerprint density at radius 1 is 1.27 bits per heavy atom. The summed E-state index contributed by atoms with van der Waals surface area (Å²) in [4.78, 5) is 23.0. The van der Waals surface area contributed by atoms with Gasteiger partial charge in [0.05, 0.1) is 10.7 Å². The summed E-state index contributed by atoms with van der Waals surface area (Å²) >= 11 is 1.58. The summed E-state index contributed by atoms with van der Waals surface area (Å²) in [7, 11) is 0. The van der Waals surface area contributed by atoms with E-state index in [4.69, 9.17) is 0 Å². The van der Waals surface area contributed by atoms with Crippen molar-refractivity contribution in [3.05, 3.63) is 51.5 Å². The van der Waals surface area contributed by atoms with Gasteiger partial charge in [0.25, 0.3) is 5.91 Å². The normalized spacial score (nSPS) is 18.5. The third-order valence-electron chi connectivity index (χ3n) is 4.84. The number of rotatable bonds is 5. The van der Waals surface area contributed by atoms with E-state index in [1.165, 1.54) is 5.56 Å². The second kappa shape index (κ2) is 8.31. The number of carbonyl (C=O) groups is 1. The number of nitrogens with zero attached hydrogens (tertiary/aromatic N) is 3. The monoisotopic (exact) mass is 371 g/mol. The number of amides is 1. The molecule has 1 saturated heterocycles. The maximum absolute atomic E-state index is 13.1. The number of carbonyl (C=O) groups excluding carboxylic acids is 1. The first kappa shape index (κ1) is 19.1. The van der Waals surface area contributed by atoms with Gasteiger partial charge in [-0.25, -0.2) is 4.98 Å². The SMILES string of the molecule is Cc1nc(CC(C)C)sc1C(=O)N1CCN(Cc2ccccc2)CC1C. The number of piperazine rings is 1. The van der Waals surface area contributed by atoms with Crippen molar-refractivity contribution in [3.63, 3.8) is 0 Å². The lowest BCUT2D eigenvalue weighted by atomic mass is 10.1. The van der Waals surface area contributed by atoms with E-state index >= 15 is 0 Å². The first-order chi connectivity index (χ1) is 12.4. The zero-order valence-corrected chi connectivity index (χ0v) is 17.1. The van der Waals surface area contributed by atoms with Gasteiger partial charge in [-0.1, -0.05) is 44.2 Å². The Morgan fingerprint density at radius 3 is 2.65 bits per heavy atom. The van der Waals surface area contributed by atoms with Crippen LogP contribution in [-0.4, -0.2) is 46.4 Å². The molecule has 0 spiro atoms. The molecule has 5 heteroatoms. The number of hydrogen-bond acceptors (Lipinski definition) is 4. The smallest absolute Gasteiger partial charge is 0.266 e. The highest BCUT2D eigenvalue weighted by atomic mass is 32.1. The summed E-state index contributed by atoms with van der Waals surface area (Å²) in [5, 5.41) is 1.08. The third-order valence-corrected chi connectivity index (χ3v) is 6.01. The molecule has 0 aliphatic carbocycles. The van der Waals surface area contributed by atoms with Crippen molar-refractivity contribution in [1.29, 1.82) is 0 Å². The highest BCUT2D eigenvalue weighted by molar-refractivity contribution is 7.13. The van der Waals surface area contributed by atoms with Gasteiger partial charge in [-0.3, -0.25) is 9.69 Å². The molecule has 0 saturated carbocycles. The molecule has 1 aromatic carbocycles. The number of aryl methyl sites for hydroxylation is 1. The Balaban J connectivity index is 1.64. The van der Waals surface area contributed by atoms with Crippen molar-refractivity contribution in [3.8, 4) is 0 Å². The molecule has 2 aromatic rings. The van der Waals surface area contributed by atoms with E-state index in [0.29, 0.717) is 5.92 Å². The first-order valence-corrected chi connectivity index (χ1v) is 10.3. The van der Waals surface area contributed by atoms with E-state index in [1.54, 1.807) is 11.3 Å². The standard InChI is InChI=1S/C21H29N3OS/c1-15(2)12-19-22-17(4)20(26-19)21(25)24-11-10-23(13-16(24)3)14-18-8-6-5-7-9-18/h5-9,15-16H,10-14H2,1-4H3. The van der Waals surface area contributed by atoms with Gasteiger partial charge in [0, 0.05) is 38.6 Å². The van der Waals surface area contributed by atoms with Crippen LogP contribution in [0.15, 0.2) is 30.3 Å². The lowest BCUT2D eigenvalue weighted by molar-refractivity contribution is 0.0479. The van der Waals surface area contributed by atoms with Crippen LogP contribution in [0.4, 0.5) is 0 Å². The summed E-state index contributed by atoms with van der Waals surface area (Å²) in [5.41, 5.74) is 2.21. The molecule has 0 N–H and O–H groups in total. The minimum atomic E-state index is 0.155. The van der Waals surface area contributed by atoms with Gasteiger partial charge in [-0.15, -0.1) is 11.3 Å². The van der Waals surface area contributed by atoms with E-state index < -0.39 is 0 Å². The molecule has 1 amide bonds. The fourth-order valence-electron chi connectivity index (χ4n) is 3.54. The molecule has 4 nitrogen and oxygen atoms in total. The third kappa shape index (κ3) is 4.51. The Morgan fingerprint density at radius 2 is 2.00 bits per heavy atom. The van der Waals surface area contributed by atoms with Crippen molar-refractivity contribution in [2.75, 3.05) is 19.6 Å². The van der Waals surface area contributed by atoms with Crippen LogP contribution in [0, 0.1) is 12.8 Å². The average Bonchev–Trinajstić information content (AvgIpc) is 2.95. The number of aromatic nitrogens is 1. The van der Waals surface area contributed by atoms with Gasteiger partial charge in [-0.05, 0) is 25.3 Å². The molecule has 3 rings (SSSR count). The summed E-state index contributed by atoms with van der Waals surface area (Å²) in [5.74, 6) is 0.714. The Bertz CT molecular complexity index is 741. The van der Waals surface area contributed by atoms with Crippen LogP contribution in [0.25, 0.3) is 0 Å². The summed E-state index contributed by atoms with van der Waals surface area (Å²) in [6.45, 7) is 12.1. The van der Waals surface area contributed by atoms with Gasteiger partial charge < -0.3 is 4.90 Å². The van der Waals surface area contributed by atoms with E-state index in [-0.39, 0.29) is 11.9 Å². The van der Waals surface area contributed by atoms with Crippen LogP contribution in [-0.2, 0) is 13.0 Å². The lowest BCUT2D eigenvalue weighted by Crippen LogP contribution is -2.53. The molecule has 1 aliphatic rings. The molecule has 1 aromatic heterocycles. The van der Waals surface area contributed by atoms with Crippen LogP contribution in [0.3, 0.4) is 0 Å². The molecule has 0 radical (unpaired) electrons. The number of benzene rings is 1. The number of thiazole rings is 1. The zero-order valence-electron chi connectivity index (χ0n) is 16.2. The molecule has 140 valence electrons. The van der Waals surface area contributed by atoms with Gasteiger partial charge in [0.15, 0.2) is 0 Å². The van der Waals surface area contributed by atoms with Crippen LogP contribution in [0.1, 0.15) is 46.7 Å². The predicted molar refractivity (Wildman–Crippen MR) is 108 cm³/mol. The highest BCUT2D eigenvalue weighted by Gasteiger charge is 2.30. The Kier molecular flexibility index (Phi) is 6.09. The molecule has 2 heterocycles. The van der Waals surface area contributed by atoms with Crippen molar-refractivity contribution in [2.24, 2.45) is 5.92 Å². The summed E-state index contributed by atoms with van der Waals surface area (Å²) < 4.78 is 0.